The molecule has 19 heavy (non-hydrogen) atoms. The minimum absolute atomic E-state index is 0.223. The van der Waals surface area contributed by atoms with Crippen molar-refractivity contribution in [3.05, 3.63) is 36.4 Å². The fourth-order valence-electron chi connectivity index (χ4n) is 1.69. The number of ether oxygens (including phenoxy) is 2. The summed E-state index contributed by atoms with van der Waals surface area (Å²) in [5.41, 5.74) is 0. The number of carbonyl (C=O) groups is 1. The van der Waals surface area contributed by atoms with Gasteiger partial charge in [0.2, 0.25) is 0 Å². The van der Waals surface area contributed by atoms with E-state index in [1.54, 1.807) is 24.8 Å². The molecule has 0 radical (unpaired) electrons. The van der Waals surface area contributed by atoms with E-state index in [1.807, 2.05) is 36.6 Å². The summed E-state index contributed by atoms with van der Waals surface area (Å²) in [5, 5.41) is 2.09. The van der Waals surface area contributed by atoms with Gasteiger partial charge in [0.15, 0.2) is 0 Å². The molecular formula is C15H16O3S. The first-order valence-corrected chi connectivity index (χ1v) is 7.48. The highest BCUT2D eigenvalue weighted by Crippen LogP contribution is 2.25. The van der Waals surface area contributed by atoms with Crippen molar-refractivity contribution in [3.8, 4) is 11.5 Å². The zero-order chi connectivity index (χ0) is 13.7. The second-order valence-corrected chi connectivity index (χ2v) is 4.86. The fraction of sp³-hybridized carbons (Fsp3) is 0.267. The third-order valence-corrected chi connectivity index (χ3v) is 3.00. The largest absolute Gasteiger partial charge is 0.483 e. The lowest BCUT2D eigenvalue weighted by Gasteiger charge is -2.07. The minimum atomic E-state index is -0.223. The van der Waals surface area contributed by atoms with Gasteiger partial charge in [-0.3, -0.25) is 4.79 Å². The van der Waals surface area contributed by atoms with Crippen LogP contribution in [0.5, 0.6) is 11.5 Å². The second kappa shape index (κ2) is 6.48. The summed E-state index contributed by atoms with van der Waals surface area (Å²) < 4.78 is 10.7. The van der Waals surface area contributed by atoms with Gasteiger partial charge in [-0.15, -0.1) is 11.8 Å². The summed E-state index contributed by atoms with van der Waals surface area (Å²) in [4.78, 5) is 11.2. The summed E-state index contributed by atoms with van der Waals surface area (Å²) in [7, 11) is 0. The van der Waals surface area contributed by atoms with Crippen LogP contribution in [0.1, 0.15) is 13.3 Å². The molecule has 2 aromatic rings. The maximum Gasteiger partial charge on any atom is 0.310 e. The van der Waals surface area contributed by atoms with Crippen molar-refractivity contribution in [3.63, 3.8) is 0 Å². The lowest BCUT2D eigenvalue weighted by Crippen LogP contribution is -2.05. The highest BCUT2D eigenvalue weighted by molar-refractivity contribution is 7.98. The Morgan fingerprint density at radius 1 is 1.11 bits per heavy atom. The maximum absolute atomic E-state index is 11.2. The number of benzene rings is 2. The maximum atomic E-state index is 11.2. The fourth-order valence-corrected chi connectivity index (χ4v) is 1.94. The van der Waals surface area contributed by atoms with Crippen molar-refractivity contribution in [2.45, 2.75) is 13.3 Å². The zero-order valence-electron chi connectivity index (χ0n) is 11.0. The molecule has 2 aromatic carbocycles. The van der Waals surface area contributed by atoms with Crippen molar-refractivity contribution in [2.24, 2.45) is 0 Å². The van der Waals surface area contributed by atoms with Crippen molar-refractivity contribution in [2.75, 3.05) is 12.2 Å². The van der Waals surface area contributed by atoms with Crippen molar-refractivity contribution in [1.82, 2.24) is 0 Å². The van der Waals surface area contributed by atoms with E-state index < -0.39 is 0 Å². The van der Waals surface area contributed by atoms with Gasteiger partial charge >= 0.3 is 5.97 Å². The molecule has 0 saturated carbocycles. The van der Waals surface area contributed by atoms with Crippen LogP contribution in [0, 0.1) is 0 Å². The molecular weight excluding hydrogens is 260 g/mol. The predicted molar refractivity (Wildman–Crippen MR) is 78.9 cm³/mol. The van der Waals surface area contributed by atoms with E-state index in [4.69, 9.17) is 9.47 Å². The third kappa shape index (κ3) is 3.64. The summed E-state index contributed by atoms with van der Waals surface area (Å²) >= 11 is 1.63. The van der Waals surface area contributed by atoms with Gasteiger partial charge < -0.3 is 9.47 Å². The Hall–Kier alpha value is -1.68. The number of rotatable bonds is 5. The van der Waals surface area contributed by atoms with E-state index in [2.05, 4.69) is 0 Å². The van der Waals surface area contributed by atoms with E-state index in [-0.39, 0.29) is 5.97 Å². The quantitative estimate of drug-likeness (QED) is 0.472. The van der Waals surface area contributed by atoms with Crippen LogP contribution in [0.15, 0.2) is 36.4 Å². The Morgan fingerprint density at radius 2 is 1.74 bits per heavy atom. The van der Waals surface area contributed by atoms with Crippen LogP contribution in [-0.2, 0) is 4.79 Å². The molecule has 4 heteroatoms. The predicted octanol–water partition coefficient (Wildman–Crippen LogP) is 3.85. The topological polar surface area (TPSA) is 35.5 Å². The van der Waals surface area contributed by atoms with E-state index in [0.717, 1.165) is 16.5 Å². The molecule has 3 nitrogen and oxygen atoms in total. The number of hydrogen-bond donors (Lipinski definition) is 0. The van der Waals surface area contributed by atoms with Crippen LogP contribution in [0.2, 0.25) is 0 Å². The average molecular weight is 276 g/mol. The Kier molecular flexibility index (Phi) is 4.68. The number of hydrogen-bond acceptors (Lipinski definition) is 4. The van der Waals surface area contributed by atoms with Gasteiger partial charge in [0.1, 0.15) is 17.4 Å². The summed E-state index contributed by atoms with van der Waals surface area (Å²) in [6.07, 6.45) is 2.37. The molecule has 0 heterocycles. The molecule has 0 atom stereocenters. The average Bonchev–Trinajstić information content (AvgIpc) is 2.44. The van der Waals surface area contributed by atoms with Crippen LogP contribution in [0.3, 0.4) is 0 Å². The monoisotopic (exact) mass is 276 g/mol. The van der Waals surface area contributed by atoms with Gasteiger partial charge in [-0.25, -0.2) is 0 Å². The third-order valence-electron chi connectivity index (χ3n) is 2.65. The van der Waals surface area contributed by atoms with Crippen molar-refractivity contribution in [1.29, 1.82) is 0 Å². The van der Waals surface area contributed by atoms with E-state index in [1.165, 1.54) is 0 Å². The summed E-state index contributed by atoms with van der Waals surface area (Å²) in [6, 6.07) is 11.5. The normalized spacial score (nSPS) is 10.4. The molecule has 0 bridgehead atoms. The van der Waals surface area contributed by atoms with Crippen molar-refractivity contribution < 1.29 is 14.3 Å². The highest BCUT2D eigenvalue weighted by Gasteiger charge is 2.03. The zero-order valence-corrected chi connectivity index (χ0v) is 11.8. The smallest absolute Gasteiger partial charge is 0.310 e. The molecule has 2 rings (SSSR count). The summed E-state index contributed by atoms with van der Waals surface area (Å²) in [5.74, 6) is 1.84. The minimum Gasteiger partial charge on any atom is -0.483 e. The van der Waals surface area contributed by atoms with Crippen LogP contribution >= 0.6 is 11.8 Å². The Bertz CT molecular complexity index is 581. The molecule has 0 aliphatic carbocycles. The SMILES string of the molecule is CCC(=O)Oc1ccc2cc(OCSC)ccc2c1. The molecule has 0 saturated heterocycles. The number of fused-ring (bicyclic) bond motifs is 1. The first-order valence-electron chi connectivity index (χ1n) is 6.09. The van der Waals surface area contributed by atoms with Crippen LogP contribution in [0.4, 0.5) is 0 Å². The van der Waals surface area contributed by atoms with Gasteiger partial charge in [-0.1, -0.05) is 19.1 Å². The molecule has 0 aromatic heterocycles. The second-order valence-electron chi connectivity index (χ2n) is 4.05. The molecule has 0 unspecified atom stereocenters. The molecule has 0 N–H and O–H groups in total. The first-order chi connectivity index (χ1) is 9.22. The van der Waals surface area contributed by atoms with E-state index >= 15 is 0 Å². The van der Waals surface area contributed by atoms with Crippen molar-refractivity contribution >= 4 is 28.5 Å². The molecule has 0 aliphatic heterocycles. The van der Waals surface area contributed by atoms with Crippen LogP contribution in [-0.4, -0.2) is 18.2 Å². The Labute approximate surface area is 116 Å². The van der Waals surface area contributed by atoms with Gasteiger partial charge in [-0.05, 0) is 41.3 Å². The van der Waals surface area contributed by atoms with Crippen LogP contribution < -0.4 is 9.47 Å². The molecule has 0 aliphatic rings. The lowest BCUT2D eigenvalue weighted by atomic mass is 10.1. The number of esters is 1. The number of thioether (sulfide) groups is 1. The van der Waals surface area contributed by atoms with Crippen LogP contribution in [0.25, 0.3) is 10.8 Å². The number of carbonyl (C=O) groups excluding carboxylic acids is 1. The van der Waals surface area contributed by atoms with Gasteiger partial charge in [0, 0.05) is 6.42 Å². The van der Waals surface area contributed by atoms with Gasteiger partial charge in [-0.2, -0.15) is 0 Å². The van der Waals surface area contributed by atoms with Gasteiger partial charge in [0.25, 0.3) is 0 Å². The van der Waals surface area contributed by atoms with Gasteiger partial charge in [0.05, 0.1) is 0 Å². The highest BCUT2D eigenvalue weighted by atomic mass is 32.2. The van der Waals surface area contributed by atoms with E-state index in [9.17, 15) is 4.79 Å². The lowest BCUT2D eigenvalue weighted by molar-refractivity contribution is -0.134. The summed E-state index contributed by atoms with van der Waals surface area (Å²) in [6.45, 7) is 1.78. The Balaban J connectivity index is 2.22. The van der Waals surface area contributed by atoms with E-state index in [0.29, 0.717) is 18.1 Å². The molecule has 0 fully saturated rings. The Morgan fingerprint density at radius 3 is 2.37 bits per heavy atom. The first kappa shape index (κ1) is 13.7. The molecule has 100 valence electrons. The molecule has 0 amide bonds. The molecule has 0 spiro atoms. The standard InChI is InChI=1S/C15H16O3S/c1-3-15(16)18-14-7-5-11-8-13(17-10-19-2)6-4-12(11)9-14/h4-9H,3,10H2,1-2H3.